The lowest BCUT2D eigenvalue weighted by Gasteiger charge is -2.10. The fraction of sp³-hybridized carbons (Fsp3) is 0.278. The first-order valence-corrected chi connectivity index (χ1v) is 8.18. The molecule has 0 saturated carbocycles. The van der Waals surface area contributed by atoms with Gasteiger partial charge in [0.2, 0.25) is 18.0 Å². The van der Waals surface area contributed by atoms with Gasteiger partial charge in [0.25, 0.3) is 0 Å². The van der Waals surface area contributed by atoms with Gasteiger partial charge in [0.15, 0.2) is 11.5 Å². The molecule has 0 atom stereocenters. The summed E-state index contributed by atoms with van der Waals surface area (Å²) in [5.74, 6) is -1.08. The molecular formula is C18H17NO8. The number of hydrogen-bond acceptors (Lipinski definition) is 6. The summed E-state index contributed by atoms with van der Waals surface area (Å²) in [5, 5.41) is 17.6. The minimum absolute atomic E-state index is 0.0880. The summed E-state index contributed by atoms with van der Waals surface area (Å²) < 4.78 is 16.9. The molecule has 0 bridgehead atoms. The number of aromatic carboxylic acids is 1. The van der Waals surface area contributed by atoms with Gasteiger partial charge in [-0.3, -0.25) is 4.79 Å². The van der Waals surface area contributed by atoms with Crippen molar-refractivity contribution >= 4 is 22.8 Å². The molecule has 2 aliphatic heterocycles. The normalized spacial score (nSPS) is 14.2. The van der Waals surface area contributed by atoms with Crippen LogP contribution >= 0.6 is 0 Å². The van der Waals surface area contributed by atoms with Crippen LogP contribution in [-0.2, 0) is 16.1 Å². The second-order valence-electron chi connectivity index (χ2n) is 5.70. The van der Waals surface area contributed by atoms with E-state index in [0.717, 1.165) is 6.42 Å². The molecule has 0 saturated heterocycles. The van der Waals surface area contributed by atoms with Gasteiger partial charge in [0, 0.05) is 25.2 Å². The zero-order valence-electron chi connectivity index (χ0n) is 14.4. The van der Waals surface area contributed by atoms with E-state index in [1.165, 1.54) is 6.20 Å². The summed E-state index contributed by atoms with van der Waals surface area (Å²) in [5.41, 5.74) is -0.111. The Morgan fingerprint density at radius 1 is 1.11 bits per heavy atom. The van der Waals surface area contributed by atoms with Gasteiger partial charge in [-0.25, -0.2) is 9.59 Å². The van der Waals surface area contributed by atoms with Crippen molar-refractivity contribution in [2.24, 2.45) is 0 Å². The molecule has 0 aliphatic carbocycles. The van der Waals surface area contributed by atoms with E-state index >= 15 is 0 Å². The Morgan fingerprint density at radius 2 is 1.81 bits per heavy atom. The molecule has 1 aromatic heterocycles. The van der Waals surface area contributed by atoms with Gasteiger partial charge in [-0.1, -0.05) is 0 Å². The average Bonchev–Trinajstić information content (AvgIpc) is 3.32. The molecule has 2 N–H and O–H groups in total. The van der Waals surface area contributed by atoms with Crippen molar-refractivity contribution in [3.05, 3.63) is 46.0 Å². The van der Waals surface area contributed by atoms with E-state index in [9.17, 15) is 14.4 Å². The van der Waals surface area contributed by atoms with Crippen LogP contribution < -0.4 is 14.9 Å². The van der Waals surface area contributed by atoms with Crippen LogP contribution in [-0.4, -0.2) is 40.1 Å². The van der Waals surface area contributed by atoms with Crippen molar-refractivity contribution < 1.29 is 34.0 Å². The second-order valence-corrected chi connectivity index (χ2v) is 5.70. The number of pyridine rings is 1. The molecule has 27 heavy (non-hydrogen) atoms. The van der Waals surface area contributed by atoms with Crippen LogP contribution in [0.5, 0.6) is 11.5 Å². The molecule has 4 rings (SSSR count). The van der Waals surface area contributed by atoms with Crippen molar-refractivity contribution in [3.63, 3.8) is 0 Å². The van der Waals surface area contributed by atoms with Gasteiger partial charge in [0.1, 0.15) is 5.56 Å². The van der Waals surface area contributed by atoms with Crippen LogP contribution in [0, 0.1) is 0 Å². The number of carbonyl (C=O) groups is 2. The second kappa shape index (κ2) is 7.40. The lowest BCUT2D eigenvalue weighted by molar-refractivity contribution is -0.136. The molecule has 142 valence electrons. The lowest BCUT2D eigenvalue weighted by atomic mass is 10.1. The maximum absolute atomic E-state index is 12.1. The Labute approximate surface area is 153 Å². The number of aryl methyl sites for hydroxylation is 1. The van der Waals surface area contributed by atoms with E-state index < -0.39 is 17.4 Å². The van der Waals surface area contributed by atoms with E-state index in [1.807, 2.05) is 6.92 Å². The fourth-order valence-electron chi connectivity index (χ4n) is 2.76. The Kier molecular flexibility index (Phi) is 5.02. The third-order valence-corrected chi connectivity index (χ3v) is 4.06. The number of benzene rings is 1. The predicted molar refractivity (Wildman–Crippen MR) is 93.3 cm³/mol. The summed E-state index contributed by atoms with van der Waals surface area (Å²) in [6, 6.07) is 3.24. The largest absolute Gasteiger partial charge is 0.486 e. The molecule has 1 aromatic carbocycles. The zero-order chi connectivity index (χ0) is 19.6. The molecule has 9 heteroatoms. The number of ether oxygens (including phenoxy) is 3. The van der Waals surface area contributed by atoms with E-state index in [0.29, 0.717) is 35.6 Å². The number of carboxylic acid groups (broad SMARTS) is 2. The van der Waals surface area contributed by atoms with E-state index in [4.69, 9.17) is 19.7 Å². The van der Waals surface area contributed by atoms with Gasteiger partial charge >= 0.3 is 11.9 Å². The van der Waals surface area contributed by atoms with Gasteiger partial charge in [-0.2, -0.15) is 0 Å². The minimum atomic E-state index is -1.23. The maximum Gasteiger partial charge on any atom is 0.370 e. The highest BCUT2D eigenvalue weighted by Gasteiger charge is 2.20. The highest BCUT2D eigenvalue weighted by atomic mass is 16.7. The summed E-state index contributed by atoms with van der Waals surface area (Å²) >= 11 is 0. The van der Waals surface area contributed by atoms with E-state index in [1.54, 1.807) is 22.8 Å². The first-order chi connectivity index (χ1) is 12.9. The molecule has 0 unspecified atom stereocenters. The van der Waals surface area contributed by atoms with Crippen molar-refractivity contribution in [2.45, 2.75) is 19.9 Å². The summed E-state index contributed by atoms with van der Waals surface area (Å²) in [7, 11) is 0. The van der Waals surface area contributed by atoms with Crippen molar-refractivity contribution in [2.75, 3.05) is 13.4 Å². The van der Waals surface area contributed by atoms with Crippen molar-refractivity contribution in [1.82, 2.24) is 4.57 Å². The smallest absolute Gasteiger partial charge is 0.370 e. The minimum Gasteiger partial charge on any atom is -0.486 e. The summed E-state index contributed by atoms with van der Waals surface area (Å²) in [6.07, 6.45) is 3.65. The predicted octanol–water partition coefficient (Wildman–Crippen LogP) is 1.82. The van der Waals surface area contributed by atoms with Crippen molar-refractivity contribution in [1.29, 1.82) is 0 Å². The number of carboxylic acids is 2. The molecule has 0 radical (unpaired) electrons. The highest BCUT2D eigenvalue weighted by Crippen LogP contribution is 2.35. The molecule has 2 aromatic rings. The van der Waals surface area contributed by atoms with Crippen LogP contribution in [0.15, 0.2) is 35.0 Å². The monoisotopic (exact) mass is 375 g/mol. The van der Waals surface area contributed by atoms with Gasteiger partial charge in [0.05, 0.1) is 17.5 Å². The van der Waals surface area contributed by atoms with Crippen LogP contribution in [0.4, 0.5) is 0 Å². The van der Waals surface area contributed by atoms with Crippen molar-refractivity contribution in [3.8, 4) is 11.5 Å². The molecule has 2 aliphatic rings. The van der Waals surface area contributed by atoms with Crippen LogP contribution in [0.1, 0.15) is 23.7 Å². The molecule has 0 fully saturated rings. The zero-order valence-corrected chi connectivity index (χ0v) is 14.4. The quantitative estimate of drug-likeness (QED) is 0.832. The van der Waals surface area contributed by atoms with Crippen LogP contribution in [0.25, 0.3) is 10.9 Å². The fourth-order valence-corrected chi connectivity index (χ4v) is 2.76. The Hall–Kier alpha value is -3.49. The van der Waals surface area contributed by atoms with Gasteiger partial charge < -0.3 is 29.0 Å². The van der Waals surface area contributed by atoms with Gasteiger partial charge in [-0.05, 0) is 19.1 Å². The first-order valence-electron chi connectivity index (χ1n) is 8.18. The van der Waals surface area contributed by atoms with E-state index in [-0.39, 0.29) is 18.1 Å². The third-order valence-electron chi connectivity index (χ3n) is 4.06. The summed E-state index contributed by atoms with van der Waals surface area (Å²) in [4.78, 5) is 33.3. The molecular weight excluding hydrogens is 358 g/mol. The lowest BCUT2D eigenvalue weighted by Crippen LogP contribution is -2.18. The third kappa shape index (κ3) is 3.57. The number of rotatable bonds is 3. The first kappa shape index (κ1) is 18.3. The standard InChI is InChI=1S/C13H11NO5.C5H6O3/c1-2-14-5-8(13(16)17)12(15)7-3-10-11(4-9(7)14)19-6-18-10;6-5(7)4-2-1-3-8-4/h3-5H,2,6H2,1H3,(H,16,17);2H,1,3H2,(H,6,7). The Bertz CT molecular complexity index is 1000. The number of fused-ring (bicyclic) bond motifs is 2. The molecule has 0 spiro atoms. The number of aliphatic carboxylic acids is 1. The van der Waals surface area contributed by atoms with Gasteiger partial charge in [-0.15, -0.1) is 0 Å². The molecule has 3 heterocycles. The van der Waals surface area contributed by atoms with Crippen LogP contribution in [0.3, 0.4) is 0 Å². The molecule has 9 nitrogen and oxygen atoms in total. The SMILES string of the molecule is CCn1cc(C(=O)O)c(=O)c2cc3c(cc21)OCO3.O=C(O)C1=CCCO1. The van der Waals surface area contributed by atoms with Crippen LogP contribution in [0.2, 0.25) is 0 Å². The number of aromatic nitrogens is 1. The number of hydrogen-bond donors (Lipinski definition) is 2. The highest BCUT2D eigenvalue weighted by molar-refractivity contribution is 5.93. The number of nitrogens with zero attached hydrogens (tertiary/aromatic N) is 1. The Morgan fingerprint density at radius 3 is 2.33 bits per heavy atom. The Balaban J connectivity index is 0.000000221. The maximum atomic E-state index is 12.1. The van der Waals surface area contributed by atoms with E-state index in [2.05, 4.69) is 4.74 Å². The average molecular weight is 375 g/mol. The topological polar surface area (TPSA) is 124 Å². The molecule has 0 amide bonds. The summed E-state index contributed by atoms with van der Waals surface area (Å²) in [6.45, 7) is 3.05.